The van der Waals surface area contributed by atoms with Gasteiger partial charge in [-0.25, -0.2) is 0 Å². The van der Waals surface area contributed by atoms with E-state index in [1.807, 2.05) is 0 Å². The molecule has 1 fully saturated rings. The van der Waals surface area contributed by atoms with Crippen LogP contribution in [0.15, 0.2) is 6.20 Å². The van der Waals surface area contributed by atoms with Crippen LogP contribution < -0.4 is 5.73 Å². The molecule has 84 valence electrons. The Kier molecular flexibility index (Phi) is 2.87. The van der Waals surface area contributed by atoms with E-state index >= 15 is 0 Å². The molecular weight excluding hydrogens is 184 g/mol. The molecule has 0 aliphatic heterocycles. The molecule has 0 saturated heterocycles. The summed E-state index contributed by atoms with van der Waals surface area (Å²) in [6.07, 6.45) is 7.18. The maximum absolute atomic E-state index is 5.95. The molecule has 0 atom stereocenters. The van der Waals surface area contributed by atoms with E-state index < -0.39 is 0 Å². The third kappa shape index (κ3) is 1.96. The number of nitrogens with zero attached hydrogens (tertiary/aromatic N) is 1. The molecule has 0 spiro atoms. The van der Waals surface area contributed by atoms with E-state index in [-0.39, 0.29) is 0 Å². The highest BCUT2D eigenvalue weighted by Crippen LogP contribution is 2.36. The molecule has 0 bridgehead atoms. The number of nitrogens with two attached hydrogens (primary N) is 1. The highest BCUT2D eigenvalue weighted by Gasteiger charge is 2.23. The van der Waals surface area contributed by atoms with Crippen molar-refractivity contribution in [3.8, 4) is 0 Å². The van der Waals surface area contributed by atoms with E-state index in [1.54, 1.807) is 5.56 Å². The van der Waals surface area contributed by atoms with Gasteiger partial charge in [0.1, 0.15) is 0 Å². The van der Waals surface area contributed by atoms with Crippen LogP contribution in [0.5, 0.6) is 0 Å². The summed E-state index contributed by atoms with van der Waals surface area (Å²) in [5, 5.41) is 0. The van der Waals surface area contributed by atoms with Crippen molar-refractivity contribution in [3.63, 3.8) is 0 Å². The fourth-order valence-corrected chi connectivity index (χ4v) is 2.96. The van der Waals surface area contributed by atoms with Crippen molar-refractivity contribution < 1.29 is 0 Å². The molecule has 1 aliphatic carbocycles. The van der Waals surface area contributed by atoms with Gasteiger partial charge in [-0.3, -0.25) is 0 Å². The van der Waals surface area contributed by atoms with Crippen LogP contribution >= 0.6 is 0 Å². The van der Waals surface area contributed by atoms with Gasteiger partial charge < -0.3 is 10.3 Å². The summed E-state index contributed by atoms with van der Waals surface area (Å²) in [4.78, 5) is 0. The van der Waals surface area contributed by atoms with Crippen LogP contribution in [0.25, 0.3) is 0 Å². The van der Waals surface area contributed by atoms with Gasteiger partial charge in [-0.2, -0.15) is 0 Å². The van der Waals surface area contributed by atoms with Gasteiger partial charge in [-0.1, -0.05) is 0 Å². The highest BCUT2D eigenvalue weighted by atomic mass is 14.9. The van der Waals surface area contributed by atoms with Crippen molar-refractivity contribution in [1.29, 1.82) is 0 Å². The molecule has 0 amide bonds. The average molecular weight is 206 g/mol. The van der Waals surface area contributed by atoms with Gasteiger partial charge in [-0.05, 0) is 56.6 Å². The Hall–Kier alpha value is -0.760. The van der Waals surface area contributed by atoms with Crippen molar-refractivity contribution in [2.45, 2.75) is 51.5 Å². The van der Waals surface area contributed by atoms with Crippen LogP contribution in [0.2, 0.25) is 0 Å². The number of hydrogen-bond acceptors (Lipinski definition) is 1. The monoisotopic (exact) mass is 206 g/mol. The van der Waals surface area contributed by atoms with Crippen LogP contribution in [0, 0.1) is 13.8 Å². The standard InChI is InChI=1S/C13H22N2/c1-9-8-15(3)10(2)13(9)11-4-6-12(14)7-5-11/h8,11-12H,4-7,14H2,1-3H3. The van der Waals surface area contributed by atoms with E-state index in [2.05, 4.69) is 31.7 Å². The Morgan fingerprint density at radius 3 is 2.27 bits per heavy atom. The van der Waals surface area contributed by atoms with E-state index in [9.17, 15) is 0 Å². The Balaban J connectivity index is 2.22. The molecule has 2 nitrogen and oxygen atoms in total. The molecule has 2 rings (SSSR count). The Morgan fingerprint density at radius 2 is 1.80 bits per heavy atom. The quantitative estimate of drug-likeness (QED) is 0.752. The summed E-state index contributed by atoms with van der Waals surface area (Å²) in [6, 6.07) is 0.450. The second-order valence-electron chi connectivity index (χ2n) is 5.03. The lowest BCUT2D eigenvalue weighted by Gasteiger charge is -2.27. The molecule has 1 heterocycles. The van der Waals surface area contributed by atoms with Gasteiger partial charge in [0.25, 0.3) is 0 Å². The first-order valence-electron chi connectivity index (χ1n) is 5.97. The van der Waals surface area contributed by atoms with Crippen LogP contribution in [0.3, 0.4) is 0 Å². The lowest BCUT2D eigenvalue weighted by Crippen LogP contribution is -2.26. The second kappa shape index (κ2) is 4.01. The topological polar surface area (TPSA) is 30.9 Å². The third-order valence-corrected chi connectivity index (χ3v) is 3.91. The zero-order chi connectivity index (χ0) is 11.0. The van der Waals surface area contributed by atoms with Crippen molar-refractivity contribution in [3.05, 3.63) is 23.0 Å². The van der Waals surface area contributed by atoms with Gasteiger partial charge in [0.15, 0.2) is 0 Å². The Labute approximate surface area is 92.5 Å². The largest absolute Gasteiger partial charge is 0.354 e. The summed E-state index contributed by atoms with van der Waals surface area (Å²) in [7, 11) is 2.14. The third-order valence-electron chi connectivity index (χ3n) is 3.91. The number of rotatable bonds is 1. The van der Waals surface area contributed by atoms with Crippen LogP contribution in [0.4, 0.5) is 0 Å². The molecule has 2 heteroatoms. The van der Waals surface area contributed by atoms with Gasteiger partial charge in [0.2, 0.25) is 0 Å². The van der Waals surface area contributed by atoms with Crippen LogP contribution in [-0.4, -0.2) is 10.6 Å². The highest BCUT2D eigenvalue weighted by molar-refractivity contribution is 5.34. The van der Waals surface area contributed by atoms with Gasteiger partial charge >= 0.3 is 0 Å². The minimum atomic E-state index is 0.450. The van der Waals surface area contributed by atoms with Crippen molar-refractivity contribution in [2.75, 3.05) is 0 Å². The summed E-state index contributed by atoms with van der Waals surface area (Å²) in [5.41, 5.74) is 10.4. The molecule has 15 heavy (non-hydrogen) atoms. The van der Waals surface area contributed by atoms with Gasteiger partial charge in [-0.15, -0.1) is 0 Å². The zero-order valence-corrected chi connectivity index (χ0v) is 10.1. The number of aryl methyl sites for hydroxylation is 2. The minimum Gasteiger partial charge on any atom is -0.354 e. The average Bonchev–Trinajstić information content (AvgIpc) is 2.44. The van der Waals surface area contributed by atoms with E-state index in [4.69, 9.17) is 5.73 Å². The first-order chi connectivity index (χ1) is 7.09. The lowest BCUT2D eigenvalue weighted by molar-refractivity contribution is 0.393. The second-order valence-corrected chi connectivity index (χ2v) is 5.03. The Morgan fingerprint density at radius 1 is 1.20 bits per heavy atom. The fourth-order valence-electron chi connectivity index (χ4n) is 2.96. The van der Waals surface area contributed by atoms with Crippen LogP contribution in [0.1, 0.15) is 48.4 Å². The SMILES string of the molecule is Cc1cn(C)c(C)c1C1CCC(N)CC1. The van der Waals surface area contributed by atoms with Crippen molar-refractivity contribution in [1.82, 2.24) is 4.57 Å². The van der Waals surface area contributed by atoms with Gasteiger partial charge in [0, 0.05) is 25.0 Å². The predicted molar refractivity (Wildman–Crippen MR) is 64.1 cm³/mol. The predicted octanol–water partition coefficient (Wildman–Crippen LogP) is 2.63. The molecule has 2 N–H and O–H groups in total. The van der Waals surface area contributed by atoms with Gasteiger partial charge in [0.05, 0.1) is 0 Å². The summed E-state index contributed by atoms with van der Waals surface area (Å²) in [6.45, 7) is 4.47. The Bertz CT molecular complexity index is 344. The van der Waals surface area contributed by atoms with E-state index in [0.717, 1.165) is 5.92 Å². The molecule has 0 unspecified atom stereocenters. The molecule has 1 aliphatic rings. The molecule has 1 aromatic rings. The normalized spacial score (nSPS) is 26.9. The lowest BCUT2D eigenvalue weighted by atomic mass is 9.81. The molecule has 0 radical (unpaired) electrons. The maximum atomic E-state index is 5.95. The van der Waals surface area contributed by atoms with Crippen LogP contribution in [-0.2, 0) is 7.05 Å². The molecule has 0 aromatic carbocycles. The molecule has 1 aromatic heterocycles. The minimum absolute atomic E-state index is 0.450. The maximum Gasteiger partial charge on any atom is 0.0178 e. The zero-order valence-electron chi connectivity index (χ0n) is 10.1. The fraction of sp³-hybridized carbons (Fsp3) is 0.692. The first-order valence-corrected chi connectivity index (χ1v) is 5.97. The summed E-state index contributed by atoms with van der Waals surface area (Å²) < 4.78 is 2.25. The molecule has 1 saturated carbocycles. The summed E-state index contributed by atoms with van der Waals surface area (Å²) in [5.74, 6) is 0.756. The van der Waals surface area contributed by atoms with Crippen molar-refractivity contribution >= 4 is 0 Å². The first kappa shape index (κ1) is 10.7. The van der Waals surface area contributed by atoms with E-state index in [1.165, 1.54) is 36.9 Å². The van der Waals surface area contributed by atoms with E-state index in [0.29, 0.717) is 6.04 Å². The number of aromatic nitrogens is 1. The molecular formula is C13H22N2. The number of hydrogen-bond donors (Lipinski definition) is 1. The smallest absolute Gasteiger partial charge is 0.0178 e. The van der Waals surface area contributed by atoms with Crippen molar-refractivity contribution in [2.24, 2.45) is 12.8 Å². The summed E-state index contributed by atoms with van der Waals surface area (Å²) >= 11 is 0.